The van der Waals surface area contributed by atoms with Gasteiger partial charge in [-0.05, 0) is 0 Å². The summed E-state index contributed by atoms with van der Waals surface area (Å²) < 4.78 is 5.91. The largest absolute Gasteiger partial charge is 0.394 e. The Bertz CT molecular complexity index is 192. The van der Waals surface area contributed by atoms with Gasteiger partial charge in [0.25, 0.3) is 0 Å². The number of ether oxygens (including phenoxy) is 1. The summed E-state index contributed by atoms with van der Waals surface area (Å²) in [5.41, 5.74) is 3.94. The Labute approximate surface area is 122 Å². The first kappa shape index (κ1) is 20.4. The van der Waals surface area contributed by atoms with E-state index in [-0.39, 0.29) is 5.97 Å². The number of carbonyl (C=O) groups excluding carboxylic acids is 1. The van der Waals surface area contributed by atoms with E-state index in [0.717, 1.165) is 39.8 Å². The van der Waals surface area contributed by atoms with E-state index >= 15 is 0 Å². The molecule has 0 unspecified atom stereocenters. The van der Waals surface area contributed by atoms with E-state index in [0.29, 0.717) is 13.0 Å². The van der Waals surface area contributed by atoms with Crippen molar-refractivity contribution < 1.29 is 24.9 Å². The number of hydrogen-bond donors (Lipinski definition) is 4. The SMILES string of the molecule is CCCCOC(=O)C[CH2][SnH].NC(CO)(CO)CO. The number of rotatable bonds is 8. The smallest absolute Gasteiger partial charge is 0.0856 e. The number of carbonyl (C=O) groups is 1. The molecule has 6 nitrogen and oxygen atoms in total. The zero-order valence-corrected chi connectivity index (χ0v) is 14.3. The Hall–Kier alpha value is 0.109. The van der Waals surface area contributed by atoms with Gasteiger partial charge in [0.15, 0.2) is 0 Å². The van der Waals surface area contributed by atoms with Crippen molar-refractivity contribution >= 4 is 28.5 Å². The zero-order valence-electron chi connectivity index (χ0n) is 11.0. The molecule has 0 rings (SSSR count). The van der Waals surface area contributed by atoms with Crippen LogP contribution >= 0.6 is 0 Å². The predicted octanol–water partition coefficient (Wildman–Crippen LogP) is -1.30. The second-order valence-corrected chi connectivity index (χ2v) is 5.60. The Morgan fingerprint density at radius 2 is 1.78 bits per heavy atom. The van der Waals surface area contributed by atoms with Crippen LogP contribution in [0.5, 0.6) is 0 Å². The topological polar surface area (TPSA) is 113 Å². The van der Waals surface area contributed by atoms with Gasteiger partial charge in [0.2, 0.25) is 0 Å². The van der Waals surface area contributed by atoms with Gasteiger partial charge in [-0.2, -0.15) is 0 Å². The molecule has 0 fully saturated rings. The summed E-state index contributed by atoms with van der Waals surface area (Å²) in [6.45, 7) is 1.48. The van der Waals surface area contributed by atoms with E-state index in [1.165, 1.54) is 0 Å². The maximum Gasteiger partial charge on any atom is 0.0856 e. The minimum absolute atomic E-state index is 0.0268. The van der Waals surface area contributed by atoms with Crippen LogP contribution < -0.4 is 5.73 Å². The minimum atomic E-state index is -1.21. The second kappa shape index (κ2) is 13.5. The molecule has 0 saturated carbocycles. The molecule has 0 spiro atoms. The van der Waals surface area contributed by atoms with Crippen LogP contribution in [0.4, 0.5) is 0 Å². The molecule has 108 valence electrons. The van der Waals surface area contributed by atoms with E-state index in [2.05, 4.69) is 6.92 Å². The molecule has 7 heteroatoms. The minimum Gasteiger partial charge on any atom is -0.394 e. The molecule has 0 aromatic carbocycles. The molecule has 0 aliphatic rings. The molecular weight excluding hydrogens is 345 g/mol. The molecule has 0 aromatic rings. The molecule has 0 aromatic heterocycles. The van der Waals surface area contributed by atoms with Crippen LogP contribution in [0.25, 0.3) is 0 Å². The van der Waals surface area contributed by atoms with Gasteiger partial charge in [0.1, 0.15) is 0 Å². The first-order chi connectivity index (χ1) is 8.49. The fourth-order valence-electron chi connectivity index (χ4n) is 0.670. The van der Waals surface area contributed by atoms with Crippen molar-refractivity contribution in [1.82, 2.24) is 0 Å². The van der Waals surface area contributed by atoms with E-state index in [9.17, 15) is 4.79 Å². The van der Waals surface area contributed by atoms with Gasteiger partial charge in [-0.25, -0.2) is 0 Å². The maximum atomic E-state index is 10.7. The summed E-state index contributed by atoms with van der Waals surface area (Å²) in [4.78, 5) is 10.7. The summed E-state index contributed by atoms with van der Waals surface area (Å²) in [6, 6.07) is 0. The van der Waals surface area contributed by atoms with Crippen LogP contribution in [0, 0.1) is 0 Å². The molecule has 0 aliphatic carbocycles. The van der Waals surface area contributed by atoms with Crippen molar-refractivity contribution in [2.45, 2.75) is 36.2 Å². The van der Waals surface area contributed by atoms with Crippen LogP contribution in [-0.2, 0) is 9.53 Å². The fourth-order valence-corrected chi connectivity index (χ4v) is 1.34. The van der Waals surface area contributed by atoms with Crippen molar-refractivity contribution in [2.24, 2.45) is 5.73 Å². The van der Waals surface area contributed by atoms with E-state index < -0.39 is 25.4 Å². The summed E-state index contributed by atoms with van der Waals surface area (Å²) >= 11 is 1.15. The van der Waals surface area contributed by atoms with Crippen LogP contribution in [0.15, 0.2) is 0 Å². The quantitative estimate of drug-likeness (QED) is 0.240. The van der Waals surface area contributed by atoms with Gasteiger partial charge in [0.05, 0.1) is 25.4 Å². The monoisotopic (exact) mass is 371 g/mol. The molecule has 18 heavy (non-hydrogen) atoms. The molecule has 0 amide bonds. The fraction of sp³-hybridized carbons (Fsp3) is 0.909. The molecule has 5 N–H and O–H groups in total. The first-order valence-electron chi connectivity index (χ1n) is 5.96. The van der Waals surface area contributed by atoms with Crippen molar-refractivity contribution in [2.75, 3.05) is 26.4 Å². The Kier molecular flexibility index (Phi) is 15.4. The predicted molar refractivity (Wildman–Crippen MR) is 70.6 cm³/mol. The van der Waals surface area contributed by atoms with Crippen molar-refractivity contribution in [3.63, 3.8) is 0 Å². The standard InChI is InChI=1S/C7H13O2.C4H11NO3.Sn.H/c1-3-5-6-9-7(8)4-2;5-4(1-6,2-7)3-8;;/h2-6H2,1H3;6-8H,1-3,5H2;;. The average molecular weight is 370 g/mol. The van der Waals surface area contributed by atoms with E-state index in [1.807, 2.05) is 0 Å². The van der Waals surface area contributed by atoms with Crippen LogP contribution in [0.3, 0.4) is 0 Å². The van der Waals surface area contributed by atoms with Crippen molar-refractivity contribution in [3.05, 3.63) is 0 Å². The van der Waals surface area contributed by atoms with Crippen molar-refractivity contribution in [1.29, 1.82) is 0 Å². The van der Waals surface area contributed by atoms with Gasteiger partial charge >= 0.3 is 75.3 Å². The summed E-state index contributed by atoms with van der Waals surface area (Å²) in [7, 11) is 0. The normalized spacial score (nSPS) is 10.6. The van der Waals surface area contributed by atoms with Crippen LogP contribution in [0.2, 0.25) is 4.44 Å². The third-order valence-electron chi connectivity index (χ3n) is 2.05. The summed E-state index contributed by atoms with van der Waals surface area (Å²) in [5, 5.41) is 25.0. The van der Waals surface area contributed by atoms with Gasteiger partial charge in [-0.3, -0.25) is 0 Å². The van der Waals surface area contributed by atoms with Gasteiger partial charge in [-0.15, -0.1) is 0 Å². The molecular formula is C11H25NO5Sn. The van der Waals surface area contributed by atoms with E-state index in [4.69, 9.17) is 25.8 Å². The molecule has 0 saturated heterocycles. The molecule has 0 aliphatic heterocycles. The maximum absolute atomic E-state index is 10.7. The molecule has 0 atom stereocenters. The summed E-state index contributed by atoms with van der Waals surface area (Å²) in [5.74, 6) is -0.0268. The molecule has 2 radical (unpaired) electrons. The molecule has 0 heterocycles. The Balaban J connectivity index is 0. The Morgan fingerprint density at radius 1 is 1.28 bits per heavy atom. The van der Waals surface area contributed by atoms with Crippen LogP contribution in [-0.4, -0.2) is 75.8 Å². The summed E-state index contributed by atoms with van der Waals surface area (Å²) in [6.07, 6.45) is 2.70. The number of aliphatic hydroxyl groups excluding tert-OH is 3. The average Bonchev–Trinajstić information content (AvgIpc) is 2.39. The Morgan fingerprint density at radius 3 is 2.06 bits per heavy atom. The van der Waals surface area contributed by atoms with Gasteiger partial charge in [0, 0.05) is 0 Å². The van der Waals surface area contributed by atoms with Gasteiger partial charge < -0.3 is 21.1 Å². The van der Waals surface area contributed by atoms with E-state index in [1.54, 1.807) is 0 Å². The third kappa shape index (κ3) is 12.6. The first-order valence-corrected chi connectivity index (χ1v) is 8.29. The van der Waals surface area contributed by atoms with Crippen LogP contribution in [0.1, 0.15) is 26.2 Å². The van der Waals surface area contributed by atoms with Crippen molar-refractivity contribution in [3.8, 4) is 0 Å². The second-order valence-electron chi connectivity index (χ2n) is 3.95. The molecule has 0 bridgehead atoms. The number of hydrogen-bond acceptors (Lipinski definition) is 6. The number of nitrogens with two attached hydrogens (primary N) is 1. The number of aliphatic hydroxyl groups is 3. The zero-order chi connectivity index (χ0) is 14.4. The van der Waals surface area contributed by atoms with Gasteiger partial charge in [-0.1, -0.05) is 0 Å². The third-order valence-corrected chi connectivity index (χ3v) is 2.88. The number of esters is 1. The number of unbranched alkanes of at least 4 members (excludes halogenated alkanes) is 1.